The Morgan fingerprint density at radius 2 is 2.00 bits per heavy atom. The molecule has 1 amide bonds. The Kier molecular flexibility index (Phi) is 7.97. The maximum atomic E-state index is 12.4. The molecule has 3 rings (SSSR count). The molecule has 31 heavy (non-hydrogen) atoms. The normalized spacial score (nSPS) is 11.8. The van der Waals surface area contributed by atoms with Crippen molar-refractivity contribution in [3.8, 4) is 11.5 Å². The molecule has 2 aromatic carbocycles. The van der Waals surface area contributed by atoms with Gasteiger partial charge in [-0.15, -0.1) is 10.2 Å². The molecule has 3 aromatic rings. The summed E-state index contributed by atoms with van der Waals surface area (Å²) in [6.07, 6.45) is -0.312. The molecule has 0 aliphatic carbocycles. The van der Waals surface area contributed by atoms with Gasteiger partial charge in [0.1, 0.15) is 11.5 Å². The number of benzene rings is 2. The number of aromatic nitrogens is 3. The zero-order valence-electron chi connectivity index (χ0n) is 17.9. The highest BCUT2D eigenvalue weighted by Crippen LogP contribution is 2.27. The summed E-state index contributed by atoms with van der Waals surface area (Å²) in [7, 11) is 1.62. The van der Waals surface area contributed by atoms with Crippen LogP contribution in [-0.2, 0) is 11.3 Å². The molecule has 0 saturated heterocycles. The first kappa shape index (κ1) is 23.1. The van der Waals surface area contributed by atoms with Gasteiger partial charge in [-0.3, -0.25) is 4.79 Å². The van der Waals surface area contributed by atoms with E-state index in [1.807, 2.05) is 67.8 Å². The number of aryl methyl sites for hydroxylation is 1. The van der Waals surface area contributed by atoms with Crippen LogP contribution < -0.4 is 14.8 Å². The van der Waals surface area contributed by atoms with Crippen molar-refractivity contribution >= 4 is 39.3 Å². The molecule has 1 heterocycles. The first-order valence-electron chi connectivity index (χ1n) is 9.83. The fourth-order valence-electron chi connectivity index (χ4n) is 3.02. The van der Waals surface area contributed by atoms with Crippen LogP contribution in [0.2, 0.25) is 0 Å². The minimum atomic E-state index is -0.312. The number of amides is 1. The van der Waals surface area contributed by atoms with E-state index in [2.05, 4.69) is 31.4 Å². The average Bonchev–Trinajstić information content (AvgIpc) is 3.17. The number of anilines is 1. The summed E-state index contributed by atoms with van der Waals surface area (Å²) in [5, 5.41) is 12.2. The van der Waals surface area contributed by atoms with E-state index in [4.69, 9.17) is 9.47 Å². The number of carbonyl (C=O) groups excluding carboxylic acids is 1. The summed E-state index contributed by atoms with van der Waals surface area (Å²) in [5.41, 5.74) is 1.79. The third kappa shape index (κ3) is 6.01. The molecule has 0 spiro atoms. The number of carbonyl (C=O) groups is 1. The van der Waals surface area contributed by atoms with Crippen LogP contribution in [0.3, 0.4) is 0 Å². The molecule has 0 aliphatic heterocycles. The summed E-state index contributed by atoms with van der Waals surface area (Å²) in [6, 6.07) is 13.2. The topological polar surface area (TPSA) is 78.3 Å². The van der Waals surface area contributed by atoms with Crippen LogP contribution in [-0.4, -0.2) is 33.5 Å². The Morgan fingerprint density at radius 3 is 2.71 bits per heavy atom. The van der Waals surface area contributed by atoms with Crippen molar-refractivity contribution in [2.45, 2.75) is 38.6 Å². The minimum absolute atomic E-state index is 0.0942. The van der Waals surface area contributed by atoms with Crippen LogP contribution in [0.1, 0.15) is 31.3 Å². The molecule has 1 N–H and O–H groups in total. The molecular formula is C22H25BrN4O3S. The van der Waals surface area contributed by atoms with Gasteiger partial charge >= 0.3 is 0 Å². The molecular weight excluding hydrogens is 480 g/mol. The number of ether oxygens (including phenoxy) is 2. The van der Waals surface area contributed by atoms with Gasteiger partial charge in [0.15, 0.2) is 17.1 Å². The summed E-state index contributed by atoms with van der Waals surface area (Å²) in [4.78, 5) is 12.4. The summed E-state index contributed by atoms with van der Waals surface area (Å²) >= 11 is 4.78. The molecule has 0 radical (unpaired) electrons. The molecule has 1 aromatic heterocycles. The highest BCUT2D eigenvalue weighted by Gasteiger charge is 2.20. The standard InChI is InChI=1S/C22H25BrN4O3S/c1-5-27-21(15(3)30-18-8-6-7-17(12-18)29-4)25-26-22(27)31-13-20(28)24-19-10-9-16(23)11-14(19)2/h6-12,15H,5,13H2,1-4H3,(H,24,28). The van der Waals surface area contributed by atoms with Crippen LogP contribution in [0.15, 0.2) is 52.1 Å². The average molecular weight is 505 g/mol. The van der Waals surface area contributed by atoms with Crippen LogP contribution in [0.4, 0.5) is 5.69 Å². The largest absolute Gasteiger partial charge is 0.497 e. The lowest BCUT2D eigenvalue weighted by Gasteiger charge is -2.16. The molecule has 0 bridgehead atoms. The van der Waals surface area contributed by atoms with Crippen molar-refractivity contribution in [2.75, 3.05) is 18.2 Å². The van der Waals surface area contributed by atoms with E-state index in [-0.39, 0.29) is 17.8 Å². The zero-order valence-corrected chi connectivity index (χ0v) is 20.3. The number of methoxy groups -OCH3 is 1. The van der Waals surface area contributed by atoms with Crippen molar-refractivity contribution in [1.82, 2.24) is 14.8 Å². The third-order valence-electron chi connectivity index (χ3n) is 4.57. The van der Waals surface area contributed by atoms with E-state index in [1.165, 1.54) is 11.8 Å². The van der Waals surface area contributed by atoms with E-state index in [1.54, 1.807) is 7.11 Å². The Balaban J connectivity index is 1.64. The number of thioether (sulfide) groups is 1. The van der Waals surface area contributed by atoms with Gasteiger partial charge < -0.3 is 19.4 Å². The highest BCUT2D eigenvalue weighted by molar-refractivity contribution is 9.10. The lowest BCUT2D eigenvalue weighted by Crippen LogP contribution is -2.16. The Hall–Kier alpha value is -2.52. The number of hydrogen-bond donors (Lipinski definition) is 1. The predicted molar refractivity (Wildman–Crippen MR) is 126 cm³/mol. The van der Waals surface area contributed by atoms with Gasteiger partial charge in [0, 0.05) is 22.8 Å². The molecule has 0 saturated carbocycles. The summed E-state index contributed by atoms with van der Waals surface area (Å²) < 4.78 is 14.2. The van der Waals surface area contributed by atoms with E-state index < -0.39 is 0 Å². The predicted octanol–water partition coefficient (Wildman–Crippen LogP) is 5.25. The molecule has 9 heteroatoms. The molecule has 0 aliphatic rings. The number of halogens is 1. The van der Waals surface area contributed by atoms with E-state index in [9.17, 15) is 4.79 Å². The number of nitrogens with one attached hydrogen (secondary N) is 1. The van der Waals surface area contributed by atoms with Gasteiger partial charge in [-0.1, -0.05) is 33.8 Å². The van der Waals surface area contributed by atoms with Gasteiger partial charge in [0.05, 0.1) is 12.9 Å². The second-order valence-corrected chi connectivity index (χ2v) is 8.68. The van der Waals surface area contributed by atoms with Crippen molar-refractivity contribution < 1.29 is 14.3 Å². The first-order chi connectivity index (χ1) is 14.9. The lowest BCUT2D eigenvalue weighted by molar-refractivity contribution is -0.113. The third-order valence-corrected chi connectivity index (χ3v) is 6.03. The van der Waals surface area contributed by atoms with Crippen LogP contribution in [0.5, 0.6) is 11.5 Å². The highest BCUT2D eigenvalue weighted by atomic mass is 79.9. The number of rotatable bonds is 9. The second kappa shape index (κ2) is 10.7. The van der Waals surface area contributed by atoms with Crippen molar-refractivity contribution in [2.24, 2.45) is 0 Å². The molecule has 1 atom stereocenters. The van der Waals surface area contributed by atoms with Gasteiger partial charge in [-0.25, -0.2) is 0 Å². The summed E-state index contributed by atoms with van der Waals surface area (Å²) in [6.45, 7) is 6.56. The summed E-state index contributed by atoms with van der Waals surface area (Å²) in [5.74, 6) is 2.26. The maximum Gasteiger partial charge on any atom is 0.234 e. The van der Waals surface area contributed by atoms with Crippen molar-refractivity contribution in [3.63, 3.8) is 0 Å². The number of hydrogen-bond acceptors (Lipinski definition) is 6. The fourth-order valence-corrected chi connectivity index (χ4v) is 4.30. The molecule has 7 nitrogen and oxygen atoms in total. The Bertz CT molecular complexity index is 1060. The van der Waals surface area contributed by atoms with Crippen molar-refractivity contribution in [3.05, 3.63) is 58.3 Å². The monoisotopic (exact) mass is 504 g/mol. The van der Waals surface area contributed by atoms with E-state index in [0.717, 1.165) is 21.5 Å². The van der Waals surface area contributed by atoms with Gasteiger partial charge in [-0.2, -0.15) is 0 Å². The smallest absolute Gasteiger partial charge is 0.234 e. The molecule has 1 unspecified atom stereocenters. The van der Waals surface area contributed by atoms with Gasteiger partial charge in [0.2, 0.25) is 5.91 Å². The van der Waals surface area contributed by atoms with Crippen LogP contribution in [0.25, 0.3) is 0 Å². The van der Waals surface area contributed by atoms with Crippen LogP contribution in [0, 0.1) is 6.92 Å². The Labute approximate surface area is 194 Å². The maximum absolute atomic E-state index is 12.4. The SMILES string of the molecule is CCn1c(SCC(=O)Nc2ccc(Br)cc2C)nnc1C(C)Oc1cccc(OC)c1. The second-order valence-electron chi connectivity index (χ2n) is 6.82. The molecule has 164 valence electrons. The quantitative estimate of drug-likeness (QED) is 0.401. The van der Waals surface area contributed by atoms with Gasteiger partial charge in [0.25, 0.3) is 0 Å². The lowest BCUT2D eigenvalue weighted by atomic mass is 10.2. The number of nitrogens with zero attached hydrogens (tertiary/aromatic N) is 3. The van der Waals surface area contributed by atoms with Gasteiger partial charge in [-0.05, 0) is 56.7 Å². The zero-order chi connectivity index (χ0) is 22.4. The fraction of sp³-hybridized carbons (Fsp3) is 0.318. The first-order valence-corrected chi connectivity index (χ1v) is 11.6. The van der Waals surface area contributed by atoms with Crippen LogP contribution >= 0.6 is 27.7 Å². The van der Waals surface area contributed by atoms with E-state index in [0.29, 0.717) is 23.3 Å². The van der Waals surface area contributed by atoms with Crippen molar-refractivity contribution in [1.29, 1.82) is 0 Å². The Morgan fingerprint density at radius 1 is 1.23 bits per heavy atom. The minimum Gasteiger partial charge on any atom is -0.497 e. The van der Waals surface area contributed by atoms with E-state index >= 15 is 0 Å². The molecule has 0 fully saturated rings.